The van der Waals surface area contributed by atoms with E-state index in [4.69, 9.17) is 9.84 Å². The first kappa shape index (κ1) is 21.8. The summed E-state index contributed by atoms with van der Waals surface area (Å²) in [5.74, 6) is -2.07. The van der Waals surface area contributed by atoms with E-state index in [1.165, 1.54) is 12.0 Å². The Labute approximate surface area is 179 Å². The second kappa shape index (κ2) is 9.73. The fraction of sp³-hybridized carbons (Fsp3) is 0.174. The standard InChI is InChI=1S/C23H22N2O6/c1-31-23(30)19-14-25(11-12-26)21(27)20(19)24-17-9-7-15(8-10-17)13-18(22(28)29)16-5-3-2-4-6-16/h2-10,13,24,26H,11-12,14H2,1H3,(H,28,29). The van der Waals surface area contributed by atoms with Crippen molar-refractivity contribution in [3.8, 4) is 0 Å². The number of aliphatic carboxylic acids is 1. The number of esters is 1. The second-order valence-corrected chi connectivity index (χ2v) is 6.77. The van der Waals surface area contributed by atoms with Crippen molar-refractivity contribution in [2.24, 2.45) is 0 Å². The molecule has 0 aliphatic carbocycles. The smallest absolute Gasteiger partial charge is 0.337 e. The fourth-order valence-electron chi connectivity index (χ4n) is 3.21. The van der Waals surface area contributed by atoms with Gasteiger partial charge in [0.15, 0.2) is 0 Å². The van der Waals surface area contributed by atoms with Gasteiger partial charge in [0.2, 0.25) is 0 Å². The molecule has 2 aromatic carbocycles. The number of methoxy groups -OCH3 is 1. The molecule has 2 aromatic rings. The molecular weight excluding hydrogens is 400 g/mol. The average Bonchev–Trinajstić information content (AvgIpc) is 3.08. The number of amides is 1. The molecule has 0 fully saturated rings. The molecule has 8 heteroatoms. The number of rotatable bonds is 8. The molecular formula is C23H22N2O6. The third-order valence-corrected chi connectivity index (χ3v) is 4.76. The SMILES string of the molecule is COC(=O)C1=C(Nc2ccc(C=C(C(=O)O)c3ccccc3)cc2)C(=O)N(CCO)C1. The van der Waals surface area contributed by atoms with Crippen LogP contribution in [0, 0.1) is 0 Å². The zero-order chi connectivity index (χ0) is 22.4. The number of aliphatic hydroxyl groups excluding tert-OH is 1. The molecule has 3 rings (SSSR count). The Morgan fingerprint density at radius 1 is 1.13 bits per heavy atom. The lowest BCUT2D eigenvalue weighted by Crippen LogP contribution is -2.31. The topological polar surface area (TPSA) is 116 Å². The van der Waals surface area contributed by atoms with E-state index in [2.05, 4.69) is 5.32 Å². The number of anilines is 1. The molecule has 1 aliphatic heterocycles. The number of benzene rings is 2. The molecule has 160 valence electrons. The van der Waals surface area contributed by atoms with Crippen LogP contribution < -0.4 is 5.32 Å². The molecule has 1 heterocycles. The second-order valence-electron chi connectivity index (χ2n) is 6.77. The first-order valence-electron chi connectivity index (χ1n) is 9.53. The summed E-state index contributed by atoms with van der Waals surface area (Å²) in [7, 11) is 1.24. The molecule has 31 heavy (non-hydrogen) atoms. The number of ether oxygens (including phenoxy) is 1. The van der Waals surface area contributed by atoms with Gasteiger partial charge in [-0.2, -0.15) is 0 Å². The molecule has 0 spiro atoms. The number of β-amino-alcohol motifs (C(OH)–C–C–N with tert-alkyl or cyclic N) is 1. The van der Waals surface area contributed by atoms with Crippen LogP contribution in [0.3, 0.4) is 0 Å². The van der Waals surface area contributed by atoms with Gasteiger partial charge in [0.1, 0.15) is 5.70 Å². The molecule has 0 unspecified atom stereocenters. The number of carboxylic acids is 1. The minimum Gasteiger partial charge on any atom is -0.478 e. The highest BCUT2D eigenvalue weighted by Crippen LogP contribution is 2.24. The van der Waals surface area contributed by atoms with E-state index in [1.807, 2.05) is 6.07 Å². The predicted molar refractivity (Wildman–Crippen MR) is 115 cm³/mol. The number of aliphatic hydroxyl groups is 1. The molecule has 8 nitrogen and oxygen atoms in total. The first-order chi connectivity index (χ1) is 14.9. The van der Waals surface area contributed by atoms with Crippen LogP contribution in [0.1, 0.15) is 11.1 Å². The summed E-state index contributed by atoms with van der Waals surface area (Å²) < 4.78 is 4.76. The van der Waals surface area contributed by atoms with Crippen LogP contribution >= 0.6 is 0 Å². The molecule has 0 saturated heterocycles. The highest BCUT2D eigenvalue weighted by Gasteiger charge is 2.34. The van der Waals surface area contributed by atoms with Crippen LogP contribution in [-0.4, -0.2) is 59.8 Å². The van der Waals surface area contributed by atoms with Gasteiger partial charge in [-0.1, -0.05) is 42.5 Å². The summed E-state index contributed by atoms with van der Waals surface area (Å²) in [6.07, 6.45) is 1.56. The predicted octanol–water partition coefficient (Wildman–Crippen LogP) is 1.99. The van der Waals surface area contributed by atoms with Crippen molar-refractivity contribution < 1.29 is 29.3 Å². The zero-order valence-corrected chi connectivity index (χ0v) is 16.9. The Hall–Kier alpha value is -3.91. The van der Waals surface area contributed by atoms with Gasteiger partial charge in [-0.3, -0.25) is 4.79 Å². The number of nitrogens with zero attached hydrogens (tertiary/aromatic N) is 1. The minimum atomic E-state index is -1.04. The zero-order valence-electron chi connectivity index (χ0n) is 16.9. The van der Waals surface area contributed by atoms with E-state index >= 15 is 0 Å². The van der Waals surface area contributed by atoms with Crippen LogP contribution in [0.5, 0.6) is 0 Å². The van der Waals surface area contributed by atoms with Crippen LogP contribution in [0.25, 0.3) is 11.6 Å². The van der Waals surface area contributed by atoms with Gasteiger partial charge in [-0.15, -0.1) is 0 Å². The van der Waals surface area contributed by atoms with Crippen LogP contribution in [-0.2, 0) is 19.1 Å². The quantitative estimate of drug-likeness (QED) is 0.338. The summed E-state index contributed by atoms with van der Waals surface area (Å²) in [4.78, 5) is 37.7. The molecule has 0 atom stereocenters. The Kier molecular flexibility index (Phi) is 6.84. The third-order valence-electron chi connectivity index (χ3n) is 4.76. The van der Waals surface area contributed by atoms with Crippen molar-refractivity contribution >= 4 is 35.2 Å². The van der Waals surface area contributed by atoms with E-state index < -0.39 is 17.8 Å². The van der Waals surface area contributed by atoms with E-state index in [0.29, 0.717) is 16.8 Å². The van der Waals surface area contributed by atoms with E-state index in [1.54, 1.807) is 54.6 Å². The first-order valence-corrected chi connectivity index (χ1v) is 9.53. The molecule has 1 amide bonds. The average molecular weight is 422 g/mol. The summed E-state index contributed by atoms with van der Waals surface area (Å²) in [5.41, 5.74) is 2.23. The molecule has 0 saturated carbocycles. The Morgan fingerprint density at radius 3 is 2.39 bits per heavy atom. The summed E-state index contributed by atoms with van der Waals surface area (Å²) in [6, 6.07) is 15.6. The Balaban J connectivity index is 1.85. The van der Waals surface area contributed by atoms with E-state index in [-0.39, 0.29) is 36.5 Å². The van der Waals surface area contributed by atoms with Gasteiger partial charge in [0.25, 0.3) is 5.91 Å². The fourth-order valence-corrected chi connectivity index (χ4v) is 3.21. The highest BCUT2D eigenvalue weighted by molar-refractivity contribution is 6.20. The van der Waals surface area contributed by atoms with Crippen molar-refractivity contribution in [1.29, 1.82) is 0 Å². The molecule has 0 aromatic heterocycles. The third kappa shape index (κ3) is 4.99. The van der Waals surface area contributed by atoms with Crippen molar-refractivity contribution in [3.05, 3.63) is 77.0 Å². The highest BCUT2D eigenvalue weighted by atomic mass is 16.5. The molecule has 0 bridgehead atoms. The van der Waals surface area contributed by atoms with Gasteiger partial charge < -0.3 is 25.2 Å². The maximum absolute atomic E-state index is 12.6. The number of hydrogen-bond acceptors (Lipinski definition) is 6. The lowest BCUT2D eigenvalue weighted by molar-refractivity contribution is -0.136. The van der Waals surface area contributed by atoms with Gasteiger partial charge in [0, 0.05) is 12.2 Å². The molecule has 3 N–H and O–H groups in total. The summed E-state index contributed by atoms with van der Waals surface area (Å²) in [5, 5.41) is 21.6. The van der Waals surface area contributed by atoms with Gasteiger partial charge in [-0.25, -0.2) is 9.59 Å². The van der Waals surface area contributed by atoms with Crippen molar-refractivity contribution in [2.75, 3.05) is 32.1 Å². The number of hydrogen-bond donors (Lipinski definition) is 3. The van der Waals surface area contributed by atoms with Crippen molar-refractivity contribution in [1.82, 2.24) is 4.90 Å². The summed E-state index contributed by atoms with van der Waals surface area (Å²) >= 11 is 0. The largest absolute Gasteiger partial charge is 0.478 e. The Morgan fingerprint density at radius 2 is 1.81 bits per heavy atom. The monoisotopic (exact) mass is 422 g/mol. The molecule has 0 radical (unpaired) electrons. The van der Waals surface area contributed by atoms with Crippen molar-refractivity contribution in [3.63, 3.8) is 0 Å². The number of carboxylic acid groups (broad SMARTS) is 1. The maximum atomic E-state index is 12.6. The van der Waals surface area contributed by atoms with Gasteiger partial charge >= 0.3 is 11.9 Å². The van der Waals surface area contributed by atoms with Crippen LogP contribution in [0.2, 0.25) is 0 Å². The minimum absolute atomic E-state index is 0.0499. The van der Waals surface area contributed by atoms with E-state index in [9.17, 15) is 19.5 Å². The maximum Gasteiger partial charge on any atom is 0.337 e. The number of nitrogens with one attached hydrogen (secondary N) is 1. The van der Waals surface area contributed by atoms with Gasteiger partial charge in [0.05, 0.1) is 31.4 Å². The van der Waals surface area contributed by atoms with Crippen LogP contribution in [0.15, 0.2) is 65.9 Å². The Bertz CT molecular complexity index is 1040. The lowest BCUT2D eigenvalue weighted by atomic mass is 10.0. The van der Waals surface area contributed by atoms with Crippen LogP contribution in [0.4, 0.5) is 5.69 Å². The van der Waals surface area contributed by atoms with E-state index in [0.717, 1.165) is 0 Å². The van der Waals surface area contributed by atoms with Gasteiger partial charge in [-0.05, 0) is 29.3 Å². The lowest BCUT2D eigenvalue weighted by Gasteiger charge is -2.15. The number of carbonyl (C=O) groups is 3. The summed E-state index contributed by atoms with van der Waals surface area (Å²) in [6.45, 7) is -0.0677. The molecule has 1 aliphatic rings. The van der Waals surface area contributed by atoms with Crippen molar-refractivity contribution in [2.45, 2.75) is 0 Å². The number of carbonyl (C=O) groups excluding carboxylic acids is 2. The normalized spacial score (nSPS) is 14.1.